The molecule has 3 aliphatic rings. The number of methoxy groups -OCH3 is 2. The summed E-state index contributed by atoms with van der Waals surface area (Å²) in [6, 6.07) is 8.30. The molecule has 8 nitrogen and oxygen atoms in total. The number of aromatic nitrogens is 2. The lowest BCUT2D eigenvalue weighted by Crippen LogP contribution is -2.56. The first-order valence-electron chi connectivity index (χ1n) is 10.2. The first-order valence-corrected chi connectivity index (χ1v) is 12.1. The number of ether oxygens (including phenoxy) is 2. The van der Waals surface area contributed by atoms with Gasteiger partial charge in [0.15, 0.2) is 11.5 Å². The molecule has 4 heterocycles. The van der Waals surface area contributed by atoms with E-state index < -0.39 is 10.0 Å². The first kappa shape index (κ1) is 21.1. The number of benzene rings is 1. The molecule has 1 unspecified atom stereocenters. The average molecular weight is 435 g/mol. The van der Waals surface area contributed by atoms with Gasteiger partial charge in [-0.3, -0.25) is 9.58 Å². The molecule has 3 aliphatic heterocycles. The van der Waals surface area contributed by atoms with Crippen molar-refractivity contribution < 1.29 is 17.9 Å². The SMILES string of the molecule is COc1ccc(-c2cc([C@H]3CN4CC[C@H]3C[C@@H]4CNS(C)(=O)=O)n(C)n2)cc1OC. The predicted octanol–water partition coefficient (Wildman–Crippen LogP) is 1.83. The monoisotopic (exact) mass is 434 g/mol. The van der Waals surface area contributed by atoms with Gasteiger partial charge in [0.1, 0.15) is 0 Å². The van der Waals surface area contributed by atoms with Crippen LogP contribution in [0.15, 0.2) is 24.3 Å². The van der Waals surface area contributed by atoms with Crippen molar-refractivity contribution in [3.8, 4) is 22.8 Å². The minimum atomic E-state index is -3.16. The van der Waals surface area contributed by atoms with E-state index in [2.05, 4.69) is 15.7 Å². The normalized spacial score (nSPS) is 26.0. The van der Waals surface area contributed by atoms with Gasteiger partial charge in [0, 0.05) is 43.4 Å². The molecule has 0 aliphatic carbocycles. The van der Waals surface area contributed by atoms with Crippen LogP contribution in [0, 0.1) is 5.92 Å². The lowest BCUT2D eigenvalue weighted by atomic mass is 9.74. The number of nitrogens with zero attached hydrogens (tertiary/aromatic N) is 3. The summed E-state index contributed by atoms with van der Waals surface area (Å²) in [5.74, 6) is 2.32. The van der Waals surface area contributed by atoms with Gasteiger partial charge in [-0.15, -0.1) is 0 Å². The molecule has 0 saturated carbocycles. The van der Waals surface area contributed by atoms with Crippen LogP contribution in [0.1, 0.15) is 24.5 Å². The fourth-order valence-electron chi connectivity index (χ4n) is 4.90. The van der Waals surface area contributed by atoms with E-state index in [0.717, 1.165) is 37.2 Å². The molecular weight excluding hydrogens is 404 g/mol. The van der Waals surface area contributed by atoms with Crippen LogP contribution in [0.2, 0.25) is 0 Å². The Bertz CT molecular complexity index is 1020. The second kappa shape index (κ2) is 8.20. The smallest absolute Gasteiger partial charge is 0.208 e. The lowest BCUT2D eigenvalue weighted by Gasteiger charge is -2.49. The second-order valence-electron chi connectivity index (χ2n) is 8.31. The number of piperidine rings is 3. The van der Waals surface area contributed by atoms with Crippen LogP contribution in [0.3, 0.4) is 0 Å². The molecule has 2 bridgehead atoms. The van der Waals surface area contributed by atoms with Gasteiger partial charge in [-0.2, -0.15) is 5.10 Å². The van der Waals surface area contributed by atoms with Crippen molar-refractivity contribution in [2.75, 3.05) is 40.1 Å². The lowest BCUT2D eigenvalue weighted by molar-refractivity contribution is 0.0306. The fourth-order valence-corrected chi connectivity index (χ4v) is 5.39. The summed E-state index contributed by atoms with van der Waals surface area (Å²) < 4.78 is 38.4. The van der Waals surface area contributed by atoms with Crippen LogP contribution < -0.4 is 14.2 Å². The van der Waals surface area contributed by atoms with Crippen molar-refractivity contribution in [3.05, 3.63) is 30.0 Å². The minimum Gasteiger partial charge on any atom is -0.493 e. The second-order valence-corrected chi connectivity index (χ2v) is 10.1. The highest BCUT2D eigenvalue weighted by molar-refractivity contribution is 7.88. The van der Waals surface area contributed by atoms with E-state index in [1.54, 1.807) is 14.2 Å². The number of hydrogen-bond donors (Lipinski definition) is 1. The van der Waals surface area contributed by atoms with Gasteiger partial charge in [-0.25, -0.2) is 13.1 Å². The number of hydrogen-bond acceptors (Lipinski definition) is 6. The molecule has 9 heteroatoms. The molecule has 0 spiro atoms. The maximum Gasteiger partial charge on any atom is 0.208 e. The Hall–Kier alpha value is -2.10. The molecule has 3 saturated heterocycles. The van der Waals surface area contributed by atoms with Crippen molar-refractivity contribution in [1.29, 1.82) is 0 Å². The molecule has 0 amide bonds. The topological polar surface area (TPSA) is 85.7 Å². The summed E-state index contributed by atoms with van der Waals surface area (Å²) in [4.78, 5) is 2.42. The Kier molecular flexibility index (Phi) is 5.78. The van der Waals surface area contributed by atoms with Gasteiger partial charge >= 0.3 is 0 Å². The van der Waals surface area contributed by atoms with Gasteiger partial charge in [0.2, 0.25) is 10.0 Å². The summed E-state index contributed by atoms with van der Waals surface area (Å²) in [7, 11) is 2.10. The number of aryl methyl sites for hydroxylation is 1. The Morgan fingerprint density at radius 1 is 1.20 bits per heavy atom. The molecular formula is C21H30N4O4S. The maximum atomic E-state index is 11.5. The van der Waals surface area contributed by atoms with Crippen molar-refractivity contribution in [3.63, 3.8) is 0 Å². The van der Waals surface area contributed by atoms with E-state index in [9.17, 15) is 8.42 Å². The Morgan fingerprint density at radius 2 is 1.97 bits per heavy atom. The zero-order valence-corrected chi connectivity index (χ0v) is 18.8. The zero-order valence-electron chi connectivity index (χ0n) is 18.0. The Morgan fingerprint density at radius 3 is 2.60 bits per heavy atom. The molecule has 4 atom stereocenters. The molecule has 0 radical (unpaired) electrons. The minimum absolute atomic E-state index is 0.272. The third-order valence-electron chi connectivity index (χ3n) is 6.43. The molecule has 3 fully saturated rings. The molecule has 30 heavy (non-hydrogen) atoms. The average Bonchev–Trinajstić information content (AvgIpc) is 3.13. The number of nitrogens with one attached hydrogen (secondary N) is 1. The largest absolute Gasteiger partial charge is 0.493 e. The van der Waals surface area contributed by atoms with E-state index >= 15 is 0 Å². The molecule has 1 N–H and O–H groups in total. The van der Waals surface area contributed by atoms with E-state index in [1.807, 2.05) is 29.9 Å². The predicted molar refractivity (Wildman–Crippen MR) is 115 cm³/mol. The molecule has 1 aromatic heterocycles. The van der Waals surface area contributed by atoms with Gasteiger partial charge in [0.25, 0.3) is 0 Å². The maximum absolute atomic E-state index is 11.5. The number of fused-ring (bicyclic) bond motifs is 3. The molecule has 164 valence electrons. The van der Waals surface area contributed by atoms with E-state index in [4.69, 9.17) is 14.6 Å². The number of rotatable bonds is 7. The summed E-state index contributed by atoms with van der Waals surface area (Å²) in [6.45, 7) is 2.45. The first-order chi connectivity index (χ1) is 14.3. The highest BCUT2D eigenvalue weighted by Crippen LogP contribution is 2.42. The Labute approximate surface area is 178 Å². The zero-order chi connectivity index (χ0) is 21.5. The van der Waals surface area contributed by atoms with Crippen molar-refractivity contribution in [2.45, 2.75) is 24.8 Å². The van der Waals surface area contributed by atoms with Crippen molar-refractivity contribution >= 4 is 10.0 Å². The van der Waals surface area contributed by atoms with E-state index in [0.29, 0.717) is 29.9 Å². The van der Waals surface area contributed by atoms with Crippen LogP contribution in [0.5, 0.6) is 11.5 Å². The molecule has 5 rings (SSSR count). The van der Waals surface area contributed by atoms with E-state index in [-0.39, 0.29) is 6.04 Å². The van der Waals surface area contributed by atoms with Crippen LogP contribution in [0.4, 0.5) is 0 Å². The fraction of sp³-hybridized carbons (Fsp3) is 0.571. The van der Waals surface area contributed by atoms with Gasteiger partial charge in [0.05, 0.1) is 26.2 Å². The summed E-state index contributed by atoms with van der Waals surface area (Å²) >= 11 is 0. The third kappa shape index (κ3) is 4.19. The van der Waals surface area contributed by atoms with Crippen LogP contribution >= 0.6 is 0 Å². The summed E-state index contributed by atoms with van der Waals surface area (Å²) in [5, 5.41) is 4.77. The molecule has 1 aromatic carbocycles. The number of sulfonamides is 1. The van der Waals surface area contributed by atoms with Gasteiger partial charge in [-0.1, -0.05) is 0 Å². The van der Waals surface area contributed by atoms with Gasteiger partial charge < -0.3 is 9.47 Å². The third-order valence-corrected chi connectivity index (χ3v) is 7.13. The van der Waals surface area contributed by atoms with Crippen LogP contribution in [0.25, 0.3) is 11.3 Å². The summed E-state index contributed by atoms with van der Waals surface area (Å²) in [6.07, 6.45) is 3.36. The van der Waals surface area contributed by atoms with Crippen molar-refractivity contribution in [1.82, 2.24) is 19.4 Å². The van der Waals surface area contributed by atoms with Gasteiger partial charge in [-0.05, 0) is 49.6 Å². The van der Waals surface area contributed by atoms with E-state index in [1.165, 1.54) is 11.9 Å². The molecule has 2 aromatic rings. The van der Waals surface area contributed by atoms with Crippen LogP contribution in [-0.2, 0) is 17.1 Å². The van der Waals surface area contributed by atoms with Crippen LogP contribution in [-0.4, -0.2) is 69.2 Å². The highest BCUT2D eigenvalue weighted by atomic mass is 32.2. The highest BCUT2D eigenvalue weighted by Gasteiger charge is 2.41. The summed E-state index contributed by atoms with van der Waals surface area (Å²) in [5.41, 5.74) is 3.13. The standard InChI is InChI=1S/C21H30N4O4S/c1-24-19(11-18(23-24)15-5-6-20(28-2)21(10-15)29-3)17-13-25-8-7-14(17)9-16(25)12-22-30(4,26)27/h5-6,10-11,14,16-17,22H,7-9,12-13H2,1-4H3/t14-,16+,17-/m0/s1. The Balaban J connectivity index is 1.53. The van der Waals surface area contributed by atoms with Crippen molar-refractivity contribution in [2.24, 2.45) is 13.0 Å². The quantitative estimate of drug-likeness (QED) is 0.716.